The number of nitrogens with zero attached hydrogens (tertiary/aromatic N) is 4. The molecule has 0 saturated carbocycles. The minimum Gasteiger partial charge on any atom is -0.353 e. The molecule has 6 heteroatoms. The summed E-state index contributed by atoms with van der Waals surface area (Å²) in [5.41, 5.74) is 3.27. The Bertz CT molecular complexity index is 635. The number of H-pyrrole nitrogens is 1. The first-order valence-electron chi connectivity index (χ1n) is 6.37. The molecule has 0 amide bonds. The van der Waals surface area contributed by atoms with Gasteiger partial charge in [-0.15, -0.1) is 5.10 Å². The lowest BCUT2D eigenvalue weighted by Crippen LogP contribution is -2.04. The number of rotatable bonds is 5. The van der Waals surface area contributed by atoms with Crippen LogP contribution in [0.4, 0.5) is 5.95 Å². The molecular weight excluding hydrogens is 240 g/mol. The first-order valence-corrected chi connectivity index (χ1v) is 6.37. The Kier molecular flexibility index (Phi) is 3.14. The van der Waals surface area contributed by atoms with Crippen LogP contribution in [0.3, 0.4) is 0 Å². The highest BCUT2D eigenvalue weighted by Crippen LogP contribution is 2.07. The Morgan fingerprint density at radius 1 is 1.37 bits per heavy atom. The van der Waals surface area contributed by atoms with E-state index < -0.39 is 0 Å². The summed E-state index contributed by atoms with van der Waals surface area (Å²) in [4.78, 5) is 4.39. The summed E-state index contributed by atoms with van der Waals surface area (Å²) in [6.45, 7) is 2.89. The molecule has 98 valence electrons. The first kappa shape index (κ1) is 11.7. The van der Waals surface area contributed by atoms with Gasteiger partial charge in [-0.1, -0.05) is 6.07 Å². The Morgan fingerprint density at radius 3 is 3.11 bits per heavy atom. The van der Waals surface area contributed by atoms with Crippen molar-refractivity contribution in [3.05, 3.63) is 41.9 Å². The van der Waals surface area contributed by atoms with Crippen LogP contribution >= 0.6 is 0 Å². The molecule has 3 aromatic rings. The van der Waals surface area contributed by atoms with E-state index in [2.05, 4.69) is 25.6 Å². The lowest BCUT2D eigenvalue weighted by molar-refractivity contribution is 0.845. The molecule has 6 nitrogen and oxygen atoms in total. The van der Waals surface area contributed by atoms with Crippen LogP contribution in [0, 0.1) is 6.92 Å². The van der Waals surface area contributed by atoms with E-state index in [0.29, 0.717) is 5.95 Å². The van der Waals surface area contributed by atoms with Crippen LogP contribution in [0.1, 0.15) is 17.7 Å². The molecule has 0 bridgehead atoms. The number of nitrogens with one attached hydrogen (secondary N) is 2. The summed E-state index contributed by atoms with van der Waals surface area (Å²) in [6, 6.07) is 5.83. The molecule has 0 aliphatic heterocycles. The van der Waals surface area contributed by atoms with Crippen LogP contribution < -0.4 is 5.32 Å². The van der Waals surface area contributed by atoms with Gasteiger partial charge in [-0.05, 0) is 37.5 Å². The zero-order valence-corrected chi connectivity index (χ0v) is 10.8. The number of aromatic nitrogens is 5. The van der Waals surface area contributed by atoms with Crippen molar-refractivity contribution in [3.63, 3.8) is 0 Å². The van der Waals surface area contributed by atoms with E-state index in [1.54, 1.807) is 4.52 Å². The number of hydrogen-bond acceptors (Lipinski definition) is 4. The SMILES string of the molecule is Cc1[nH]ncc1CCCNc1nc2ccccn2n1. The highest BCUT2D eigenvalue weighted by molar-refractivity contribution is 5.42. The molecule has 3 rings (SSSR count). The molecule has 0 radical (unpaired) electrons. The molecule has 0 saturated heterocycles. The van der Waals surface area contributed by atoms with Crippen molar-refractivity contribution in [1.82, 2.24) is 24.8 Å². The third kappa shape index (κ3) is 2.57. The summed E-state index contributed by atoms with van der Waals surface area (Å²) in [5.74, 6) is 0.676. The fraction of sp³-hybridized carbons (Fsp3) is 0.308. The van der Waals surface area contributed by atoms with Crippen LogP contribution in [-0.2, 0) is 6.42 Å². The van der Waals surface area contributed by atoms with Crippen LogP contribution in [-0.4, -0.2) is 31.3 Å². The maximum atomic E-state index is 4.39. The van der Waals surface area contributed by atoms with Crippen molar-refractivity contribution >= 4 is 11.6 Å². The van der Waals surface area contributed by atoms with Gasteiger partial charge in [0.15, 0.2) is 5.65 Å². The molecule has 2 N–H and O–H groups in total. The minimum absolute atomic E-state index is 0.676. The largest absolute Gasteiger partial charge is 0.353 e. The lowest BCUT2D eigenvalue weighted by atomic mass is 10.1. The van der Waals surface area contributed by atoms with Gasteiger partial charge in [0, 0.05) is 18.4 Å². The molecule has 0 spiro atoms. The zero-order valence-electron chi connectivity index (χ0n) is 10.8. The van der Waals surface area contributed by atoms with Gasteiger partial charge in [0.05, 0.1) is 6.20 Å². The van der Waals surface area contributed by atoms with Crippen LogP contribution in [0.2, 0.25) is 0 Å². The van der Waals surface area contributed by atoms with E-state index in [-0.39, 0.29) is 0 Å². The summed E-state index contributed by atoms with van der Waals surface area (Å²) >= 11 is 0. The Morgan fingerprint density at radius 2 is 2.32 bits per heavy atom. The highest BCUT2D eigenvalue weighted by Gasteiger charge is 2.03. The zero-order chi connectivity index (χ0) is 13.1. The average molecular weight is 256 g/mol. The third-order valence-electron chi connectivity index (χ3n) is 3.08. The summed E-state index contributed by atoms with van der Waals surface area (Å²) in [5, 5.41) is 14.5. The fourth-order valence-electron chi connectivity index (χ4n) is 2.01. The van der Waals surface area contributed by atoms with E-state index in [1.165, 1.54) is 5.56 Å². The number of pyridine rings is 1. The van der Waals surface area contributed by atoms with Gasteiger partial charge in [0.1, 0.15) is 0 Å². The molecule has 0 atom stereocenters. The van der Waals surface area contributed by atoms with E-state index >= 15 is 0 Å². The van der Waals surface area contributed by atoms with Gasteiger partial charge in [-0.3, -0.25) is 5.10 Å². The Labute approximate surface area is 110 Å². The van der Waals surface area contributed by atoms with Gasteiger partial charge in [0.2, 0.25) is 5.95 Å². The monoisotopic (exact) mass is 256 g/mol. The summed E-state index contributed by atoms with van der Waals surface area (Å²) in [6.07, 6.45) is 5.81. The molecule has 3 heterocycles. The van der Waals surface area contributed by atoms with E-state index in [4.69, 9.17) is 0 Å². The van der Waals surface area contributed by atoms with Gasteiger partial charge in [-0.2, -0.15) is 10.1 Å². The minimum atomic E-state index is 0.676. The number of aromatic amines is 1. The Balaban J connectivity index is 1.53. The molecule has 0 aliphatic carbocycles. The van der Waals surface area contributed by atoms with Gasteiger partial charge < -0.3 is 5.32 Å². The predicted octanol–water partition coefficient (Wildman–Crippen LogP) is 1.81. The second-order valence-electron chi connectivity index (χ2n) is 4.49. The molecule has 0 aliphatic rings. The van der Waals surface area contributed by atoms with Gasteiger partial charge in [-0.25, -0.2) is 4.52 Å². The number of fused-ring (bicyclic) bond motifs is 1. The topological polar surface area (TPSA) is 70.9 Å². The Hall–Kier alpha value is -2.37. The molecule has 0 unspecified atom stereocenters. The van der Waals surface area contributed by atoms with Crippen LogP contribution in [0.25, 0.3) is 5.65 Å². The number of anilines is 1. The van der Waals surface area contributed by atoms with Crippen molar-refractivity contribution < 1.29 is 0 Å². The van der Waals surface area contributed by atoms with Crippen LogP contribution in [0.5, 0.6) is 0 Å². The predicted molar refractivity (Wildman–Crippen MR) is 73.1 cm³/mol. The van der Waals surface area contributed by atoms with Crippen molar-refractivity contribution in [1.29, 1.82) is 0 Å². The van der Waals surface area contributed by atoms with Crippen molar-refractivity contribution in [3.8, 4) is 0 Å². The second-order valence-corrected chi connectivity index (χ2v) is 4.49. The van der Waals surface area contributed by atoms with E-state index in [9.17, 15) is 0 Å². The molecule has 0 aromatic carbocycles. The first-order chi connectivity index (χ1) is 9.33. The van der Waals surface area contributed by atoms with Crippen molar-refractivity contribution in [2.75, 3.05) is 11.9 Å². The van der Waals surface area contributed by atoms with Crippen molar-refractivity contribution in [2.45, 2.75) is 19.8 Å². The van der Waals surface area contributed by atoms with E-state index in [0.717, 1.165) is 30.7 Å². The van der Waals surface area contributed by atoms with Gasteiger partial charge >= 0.3 is 0 Å². The quantitative estimate of drug-likeness (QED) is 0.683. The summed E-state index contributed by atoms with van der Waals surface area (Å²) < 4.78 is 1.77. The standard InChI is InChI=1S/C13H16N6/c1-10-11(9-15-17-10)5-4-7-14-13-16-12-6-2-3-8-19(12)18-13/h2-3,6,8-9H,4-5,7H2,1H3,(H,14,18)(H,15,17). The van der Waals surface area contributed by atoms with Crippen LogP contribution in [0.15, 0.2) is 30.6 Å². The molecular formula is C13H16N6. The normalized spacial score (nSPS) is 11.0. The molecule has 19 heavy (non-hydrogen) atoms. The highest BCUT2D eigenvalue weighted by atomic mass is 15.3. The fourth-order valence-corrected chi connectivity index (χ4v) is 2.01. The third-order valence-corrected chi connectivity index (χ3v) is 3.08. The number of aryl methyl sites for hydroxylation is 2. The number of hydrogen-bond donors (Lipinski definition) is 2. The summed E-state index contributed by atoms with van der Waals surface area (Å²) in [7, 11) is 0. The van der Waals surface area contributed by atoms with Gasteiger partial charge in [0.25, 0.3) is 0 Å². The maximum Gasteiger partial charge on any atom is 0.243 e. The average Bonchev–Trinajstić information content (AvgIpc) is 3.00. The maximum absolute atomic E-state index is 4.39. The molecule has 0 fully saturated rings. The molecule has 3 aromatic heterocycles. The van der Waals surface area contributed by atoms with Crippen molar-refractivity contribution in [2.24, 2.45) is 0 Å². The lowest BCUT2D eigenvalue weighted by Gasteiger charge is -2.01. The van der Waals surface area contributed by atoms with E-state index in [1.807, 2.05) is 37.5 Å². The smallest absolute Gasteiger partial charge is 0.243 e. The second kappa shape index (κ2) is 5.09.